The lowest BCUT2D eigenvalue weighted by molar-refractivity contribution is -0.174. The van der Waals surface area contributed by atoms with Crippen LogP contribution in [0.3, 0.4) is 0 Å². The molecule has 5 nitrogen and oxygen atoms in total. The number of nitrogens with one attached hydrogen (secondary N) is 1. The van der Waals surface area contributed by atoms with E-state index in [0.717, 1.165) is 0 Å². The minimum absolute atomic E-state index is 0.0368. The van der Waals surface area contributed by atoms with E-state index < -0.39 is 12.8 Å². The van der Waals surface area contributed by atoms with Crippen molar-refractivity contribution in [2.24, 2.45) is 12.9 Å². The molecule has 1 aromatic rings. The predicted molar refractivity (Wildman–Crippen MR) is 54.8 cm³/mol. The summed E-state index contributed by atoms with van der Waals surface area (Å²) in [7, 11) is 1.75. The van der Waals surface area contributed by atoms with Gasteiger partial charge in [0.1, 0.15) is 6.61 Å². The SMILES string of the molecule is Cn1ccc(C(CCOCC(F)(F)F)NN)n1. The van der Waals surface area contributed by atoms with Crippen LogP contribution in [0.5, 0.6) is 0 Å². The summed E-state index contributed by atoms with van der Waals surface area (Å²) in [5, 5.41) is 4.11. The maximum Gasteiger partial charge on any atom is 0.411 e. The average molecular weight is 252 g/mol. The van der Waals surface area contributed by atoms with Crippen LogP contribution >= 0.6 is 0 Å². The molecule has 1 aromatic heterocycles. The van der Waals surface area contributed by atoms with Crippen LogP contribution in [0.25, 0.3) is 0 Å². The summed E-state index contributed by atoms with van der Waals surface area (Å²) in [5.41, 5.74) is 3.16. The monoisotopic (exact) mass is 252 g/mol. The van der Waals surface area contributed by atoms with Crippen LogP contribution in [-0.4, -0.2) is 29.2 Å². The Kier molecular flexibility index (Phi) is 4.91. The van der Waals surface area contributed by atoms with Crippen LogP contribution in [0.4, 0.5) is 13.2 Å². The lowest BCUT2D eigenvalue weighted by Crippen LogP contribution is -2.30. The minimum Gasteiger partial charge on any atom is -0.372 e. The number of rotatable bonds is 6. The van der Waals surface area contributed by atoms with Gasteiger partial charge in [0.15, 0.2) is 0 Å². The summed E-state index contributed by atoms with van der Waals surface area (Å²) in [6.45, 7) is -1.28. The Morgan fingerprint density at radius 1 is 1.59 bits per heavy atom. The van der Waals surface area contributed by atoms with Gasteiger partial charge in [-0.25, -0.2) is 0 Å². The third-order valence-corrected chi connectivity index (χ3v) is 2.11. The topological polar surface area (TPSA) is 65.1 Å². The molecule has 17 heavy (non-hydrogen) atoms. The molecule has 0 saturated carbocycles. The summed E-state index contributed by atoms with van der Waals surface area (Å²) >= 11 is 0. The Labute approximate surface area is 96.7 Å². The van der Waals surface area contributed by atoms with Gasteiger partial charge >= 0.3 is 6.18 Å². The van der Waals surface area contributed by atoms with E-state index in [1.165, 1.54) is 0 Å². The first-order chi connectivity index (χ1) is 7.92. The second-order valence-corrected chi connectivity index (χ2v) is 3.59. The van der Waals surface area contributed by atoms with Gasteiger partial charge in [0.25, 0.3) is 0 Å². The van der Waals surface area contributed by atoms with Crippen LogP contribution in [0.2, 0.25) is 0 Å². The molecule has 1 heterocycles. The Morgan fingerprint density at radius 3 is 2.76 bits per heavy atom. The number of nitrogens with two attached hydrogens (primary N) is 1. The highest BCUT2D eigenvalue weighted by atomic mass is 19.4. The van der Waals surface area contributed by atoms with E-state index in [1.807, 2.05) is 0 Å². The molecule has 0 radical (unpaired) electrons. The van der Waals surface area contributed by atoms with Crippen molar-refractivity contribution < 1.29 is 17.9 Å². The molecule has 8 heteroatoms. The summed E-state index contributed by atoms with van der Waals surface area (Å²) in [4.78, 5) is 0. The zero-order valence-electron chi connectivity index (χ0n) is 9.37. The molecule has 0 fully saturated rings. The predicted octanol–water partition coefficient (Wildman–Crippen LogP) is 0.894. The van der Waals surface area contributed by atoms with Gasteiger partial charge < -0.3 is 4.74 Å². The van der Waals surface area contributed by atoms with Crippen LogP contribution in [0, 0.1) is 0 Å². The Balaban J connectivity index is 2.33. The van der Waals surface area contributed by atoms with Gasteiger partial charge in [-0.15, -0.1) is 0 Å². The maximum absolute atomic E-state index is 11.8. The summed E-state index contributed by atoms with van der Waals surface area (Å²) < 4.78 is 41.5. The van der Waals surface area contributed by atoms with Crippen molar-refractivity contribution in [3.63, 3.8) is 0 Å². The maximum atomic E-state index is 11.8. The fraction of sp³-hybridized carbons (Fsp3) is 0.667. The number of hydrogen-bond acceptors (Lipinski definition) is 4. The van der Waals surface area contributed by atoms with Crippen LogP contribution in [-0.2, 0) is 11.8 Å². The first-order valence-corrected chi connectivity index (χ1v) is 5.02. The quantitative estimate of drug-likeness (QED) is 0.448. The smallest absolute Gasteiger partial charge is 0.372 e. The number of nitrogens with zero attached hydrogens (tertiary/aromatic N) is 2. The van der Waals surface area contributed by atoms with E-state index in [2.05, 4.69) is 15.3 Å². The molecule has 0 bridgehead atoms. The Bertz CT molecular complexity index is 339. The van der Waals surface area contributed by atoms with Crippen LogP contribution < -0.4 is 11.3 Å². The highest BCUT2D eigenvalue weighted by Crippen LogP contribution is 2.16. The molecule has 0 saturated heterocycles. The molecule has 1 unspecified atom stereocenters. The van der Waals surface area contributed by atoms with Crippen molar-refractivity contribution in [3.05, 3.63) is 18.0 Å². The average Bonchev–Trinajstić information content (AvgIpc) is 2.63. The molecular formula is C9H15F3N4O. The third-order valence-electron chi connectivity index (χ3n) is 2.11. The van der Waals surface area contributed by atoms with Gasteiger partial charge in [-0.3, -0.25) is 16.0 Å². The normalized spacial score (nSPS) is 13.9. The van der Waals surface area contributed by atoms with Crippen molar-refractivity contribution in [1.82, 2.24) is 15.2 Å². The van der Waals surface area contributed by atoms with Crippen molar-refractivity contribution in [2.45, 2.75) is 18.6 Å². The van der Waals surface area contributed by atoms with Crippen molar-refractivity contribution in [2.75, 3.05) is 13.2 Å². The summed E-state index contributed by atoms with van der Waals surface area (Å²) in [6, 6.07) is 1.43. The number of halogens is 3. The first-order valence-electron chi connectivity index (χ1n) is 5.02. The number of aromatic nitrogens is 2. The highest BCUT2D eigenvalue weighted by Gasteiger charge is 2.27. The fourth-order valence-electron chi connectivity index (χ4n) is 1.32. The molecular weight excluding hydrogens is 237 g/mol. The first kappa shape index (κ1) is 13.9. The Hall–Kier alpha value is -1.12. The van der Waals surface area contributed by atoms with E-state index >= 15 is 0 Å². The minimum atomic E-state index is -4.30. The van der Waals surface area contributed by atoms with Gasteiger partial charge in [0.05, 0.1) is 11.7 Å². The zero-order chi connectivity index (χ0) is 12.9. The molecule has 0 spiro atoms. The highest BCUT2D eigenvalue weighted by molar-refractivity contribution is 5.04. The van der Waals surface area contributed by atoms with Crippen molar-refractivity contribution in [1.29, 1.82) is 0 Å². The molecule has 1 rings (SSSR count). The fourth-order valence-corrected chi connectivity index (χ4v) is 1.32. The second kappa shape index (κ2) is 5.99. The lowest BCUT2D eigenvalue weighted by atomic mass is 10.1. The number of hydrogen-bond donors (Lipinski definition) is 2. The second-order valence-electron chi connectivity index (χ2n) is 3.59. The lowest BCUT2D eigenvalue weighted by Gasteiger charge is -2.14. The molecule has 0 aliphatic rings. The van der Waals surface area contributed by atoms with E-state index in [0.29, 0.717) is 12.1 Å². The third kappa shape index (κ3) is 5.16. The number of ether oxygens (including phenoxy) is 1. The standard InChI is InChI=1S/C9H15F3N4O/c1-16-4-2-8(15-16)7(14-13)3-5-17-6-9(10,11)12/h2,4,7,14H,3,5-6,13H2,1H3. The van der Waals surface area contributed by atoms with Crippen molar-refractivity contribution >= 4 is 0 Å². The van der Waals surface area contributed by atoms with Crippen LogP contribution in [0.1, 0.15) is 18.2 Å². The summed E-state index contributed by atoms with van der Waals surface area (Å²) in [5.74, 6) is 5.31. The van der Waals surface area contributed by atoms with E-state index in [1.54, 1.807) is 24.0 Å². The van der Waals surface area contributed by atoms with Gasteiger partial charge in [0.2, 0.25) is 0 Å². The van der Waals surface area contributed by atoms with Crippen molar-refractivity contribution in [3.8, 4) is 0 Å². The number of alkyl halides is 3. The van der Waals surface area contributed by atoms with Gasteiger partial charge in [0, 0.05) is 19.9 Å². The number of hydrazine groups is 1. The number of aryl methyl sites for hydroxylation is 1. The molecule has 3 N–H and O–H groups in total. The van der Waals surface area contributed by atoms with Gasteiger partial charge in [-0.1, -0.05) is 0 Å². The largest absolute Gasteiger partial charge is 0.411 e. The molecule has 0 aromatic carbocycles. The molecule has 0 amide bonds. The van der Waals surface area contributed by atoms with E-state index in [9.17, 15) is 13.2 Å². The molecule has 98 valence electrons. The van der Waals surface area contributed by atoms with E-state index in [-0.39, 0.29) is 12.6 Å². The zero-order valence-corrected chi connectivity index (χ0v) is 9.37. The van der Waals surface area contributed by atoms with Gasteiger partial charge in [-0.05, 0) is 12.5 Å². The molecule has 0 aliphatic heterocycles. The molecule has 0 aliphatic carbocycles. The Morgan fingerprint density at radius 2 is 2.29 bits per heavy atom. The summed E-state index contributed by atoms with van der Waals surface area (Å²) in [6.07, 6.45) is -2.24. The van der Waals surface area contributed by atoms with Gasteiger partial charge in [-0.2, -0.15) is 18.3 Å². The van der Waals surface area contributed by atoms with Crippen LogP contribution in [0.15, 0.2) is 12.3 Å². The van der Waals surface area contributed by atoms with E-state index in [4.69, 9.17) is 5.84 Å². The molecule has 1 atom stereocenters.